The number of halogens is 1. The lowest BCUT2D eigenvalue weighted by atomic mass is 9.76. The number of hydrogen-bond acceptors (Lipinski definition) is 5. The predicted molar refractivity (Wildman–Crippen MR) is 84.9 cm³/mol. The highest BCUT2D eigenvalue weighted by molar-refractivity contribution is 6.36. The predicted octanol–water partition coefficient (Wildman–Crippen LogP) is 2.33. The van der Waals surface area contributed by atoms with Crippen LogP contribution in [0.4, 0.5) is 0 Å². The van der Waals surface area contributed by atoms with Gasteiger partial charge in [-0.1, -0.05) is 18.5 Å². The van der Waals surface area contributed by atoms with Crippen LogP contribution in [0.3, 0.4) is 0 Å². The molecule has 118 valence electrons. The lowest BCUT2D eigenvalue weighted by molar-refractivity contribution is -0.117. The van der Waals surface area contributed by atoms with Gasteiger partial charge in [-0.3, -0.25) is 9.59 Å². The maximum atomic E-state index is 13.2. The highest BCUT2D eigenvalue weighted by atomic mass is 35.5. The van der Waals surface area contributed by atoms with E-state index in [9.17, 15) is 9.59 Å². The number of ketones is 2. The molecule has 3 rings (SSSR count). The van der Waals surface area contributed by atoms with E-state index < -0.39 is 5.60 Å². The summed E-state index contributed by atoms with van der Waals surface area (Å²) in [5.41, 5.74) is -0.961. The van der Waals surface area contributed by atoms with E-state index in [2.05, 4.69) is 16.3 Å². The van der Waals surface area contributed by atoms with Gasteiger partial charge in [0.25, 0.3) is 0 Å². The molecule has 1 heterocycles. The SMILES string of the molecule is COc1cc(OC)c2c(c1Cl)O[C@]1(C2=O)[C]([Al])=CC(=O)C[C@H]1C. The number of benzene rings is 1. The largest absolute Gasteiger partial charge is 0.496 e. The summed E-state index contributed by atoms with van der Waals surface area (Å²) in [6.07, 6.45) is 1.67. The Labute approximate surface area is 147 Å². The van der Waals surface area contributed by atoms with Crippen molar-refractivity contribution >= 4 is 39.5 Å². The molecule has 0 fully saturated rings. The minimum atomic E-state index is -1.25. The third-order valence-electron chi connectivity index (χ3n) is 4.37. The average Bonchev–Trinajstić information content (AvgIpc) is 2.82. The molecule has 0 N–H and O–H groups in total. The fourth-order valence-electron chi connectivity index (χ4n) is 3.19. The molecule has 2 radical (unpaired) electrons. The van der Waals surface area contributed by atoms with Crippen LogP contribution in [0.2, 0.25) is 5.02 Å². The number of Topliss-reactive ketones (excluding diaryl/α,β-unsaturated/α-hetero) is 1. The summed E-state index contributed by atoms with van der Waals surface area (Å²) in [4.78, 5) is 24.9. The van der Waals surface area contributed by atoms with Crippen molar-refractivity contribution in [2.45, 2.75) is 18.9 Å². The van der Waals surface area contributed by atoms with E-state index in [0.717, 1.165) is 0 Å². The second-order valence-electron chi connectivity index (χ2n) is 5.64. The Hall–Kier alpha value is -1.48. The van der Waals surface area contributed by atoms with E-state index in [1.54, 1.807) is 6.07 Å². The van der Waals surface area contributed by atoms with E-state index in [1.165, 1.54) is 20.3 Å². The lowest BCUT2D eigenvalue weighted by Crippen LogP contribution is -2.51. The summed E-state index contributed by atoms with van der Waals surface area (Å²) in [6.45, 7) is 1.82. The third kappa shape index (κ3) is 2.13. The van der Waals surface area contributed by atoms with Crippen molar-refractivity contribution in [2.75, 3.05) is 14.2 Å². The van der Waals surface area contributed by atoms with E-state index in [0.29, 0.717) is 15.9 Å². The first-order valence-electron chi connectivity index (χ1n) is 7.05. The smallest absolute Gasteiger partial charge is 0.216 e. The molecule has 1 aliphatic carbocycles. The standard InChI is InChI=1S/C16H14ClO5.Al/c1-8-6-9(18)4-5-16(8)15(19)12-10(20-2)7-11(21-3)13(17)14(12)22-16;/h4,7-8H,6H2,1-3H3;/t8-,16-;/m1./s1. The third-order valence-corrected chi connectivity index (χ3v) is 5.32. The Bertz CT molecular complexity index is 757. The number of fused-ring (bicyclic) bond motifs is 1. The van der Waals surface area contributed by atoms with Gasteiger partial charge in [-0.25, -0.2) is 0 Å². The minimum Gasteiger partial charge on any atom is -0.496 e. The van der Waals surface area contributed by atoms with Gasteiger partial charge in [0.1, 0.15) is 22.1 Å². The van der Waals surface area contributed by atoms with Crippen LogP contribution in [-0.4, -0.2) is 47.7 Å². The normalized spacial score (nSPS) is 25.9. The van der Waals surface area contributed by atoms with Gasteiger partial charge in [0.05, 0.1) is 14.2 Å². The summed E-state index contributed by atoms with van der Waals surface area (Å²) < 4.78 is 17.1. The van der Waals surface area contributed by atoms with Crippen LogP contribution < -0.4 is 14.2 Å². The topological polar surface area (TPSA) is 61.8 Å². The van der Waals surface area contributed by atoms with Crippen LogP contribution in [0, 0.1) is 5.92 Å². The zero-order chi connectivity index (χ0) is 16.9. The molecular formula is C16H14AlClO5. The van der Waals surface area contributed by atoms with Crippen molar-refractivity contribution in [1.29, 1.82) is 0 Å². The maximum absolute atomic E-state index is 13.2. The molecular weight excluding hydrogens is 335 g/mol. The molecule has 0 aromatic heterocycles. The fraction of sp³-hybridized carbons (Fsp3) is 0.375. The number of carbonyl (C=O) groups excluding carboxylic acids is 2. The van der Waals surface area contributed by atoms with Gasteiger partial charge in [-0.2, -0.15) is 0 Å². The molecule has 1 aliphatic heterocycles. The molecule has 7 heteroatoms. The summed E-state index contributed by atoms with van der Waals surface area (Å²) >= 11 is 8.77. The van der Waals surface area contributed by atoms with Gasteiger partial charge in [-0.15, -0.1) is 4.44 Å². The molecule has 0 saturated carbocycles. The number of ether oxygens (including phenoxy) is 3. The summed E-state index contributed by atoms with van der Waals surface area (Å²) in [6, 6.07) is 1.56. The van der Waals surface area contributed by atoms with Crippen molar-refractivity contribution in [3.8, 4) is 17.2 Å². The van der Waals surface area contributed by atoms with Gasteiger partial charge in [0.15, 0.2) is 33.4 Å². The first-order valence-corrected chi connectivity index (χ1v) is 8.01. The minimum absolute atomic E-state index is 0.0314. The number of rotatable bonds is 2. The molecule has 1 aromatic rings. The van der Waals surface area contributed by atoms with Crippen LogP contribution in [0.25, 0.3) is 0 Å². The Morgan fingerprint density at radius 2 is 1.96 bits per heavy atom. The molecule has 1 aromatic carbocycles. The molecule has 5 nitrogen and oxygen atoms in total. The number of carbonyl (C=O) groups is 2. The van der Waals surface area contributed by atoms with Crippen molar-refractivity contribution in [3.63, 3.8) is 0 Å². The average molecular weight is 349 g/mol. The highest BCUT2D eigenvalue weighted by Crippen LogP contribution is 2.53. The van der Waals surface area contributed by atoms with E-state index in [-0.39, 0.29) is 40.2 Å². The van der Waals surface area contributed by atoms with Gasteiger partial charge in [0.2, 0.25) is 5.78 Å². The molecule has 0 unspecified atom stereocenters. The number of hydrogen-bond donors (Lipinski definition) is 0. The Morgan fingerprint density at radius 3 is 2.52 bits per heavy atom. The summed E-state index contributed by atoms with van der Waals surface area (Å²) in [5, 5.41) is 0.218. The van der Waals surface area contributed by atoms with Crippen molar-refractivity contribution in [3.05, 3.63) is 27.2 Å². The molecule has 2 aliphatic rings. The van der Waals surface area contributed by atoms with Gasteiger partial charge in [0, 0.05) is 18.4 Å². The van der Waals surface area contributed by atoms with Crippen LogP contribution in [-0.2, 0) is 4.79 Å². The Kier molecular flexibility index (Phi) is 3.96. The molecule has 2 atom stereocenters. The summed E-state index contributed by atoms with van der Waals surface area (Å²) in [5.74, 6) is 0.332. The quantitative estimate of drug-likeness (QED) is 0.768. The second-order valence-corrected chi connectivity index (χ2v) is 6.64. The molecule has 23 heavy (non-hydrogen) atoms. The zero-order valence-corrected chi connectivity index (χ0v) is 14.8. The van der Waals surface area contributed by atoms with Gasteiger partial charge < -0.3 is 14.2 Å². The Balaban J connectivity index is 2.25. The highest BCUT2D eigenvalue weighted by Gasteiger charge is 2.56. The lowest BCUT2D eigenvalue weighted by Gasteiger charge is -2.37. The maximum Gasteiger partial charge on any atom is 0.216 e. The van der Waals surface area contributed by atoms with Gasteiger partial charge >= 0.3 is 0 Å². The van der Waals surface area contributed by atoms with Crippen LogP contribution in [0.5, 0.6) is 17.2 Å². The van der Waals surface area contributed by atoms with E-state index in [1.807, 2.05) is 6.92 Å². The monoisotopic (exact) mass is 348 g/mol. The first kappa shape index (κ1) is 16.4. The zero-order valence-electron chi connectivity index (χ0n) is 12.9. The molecule has 0 saturated heterocycles. The van der Waals surface area contributed by atoms with E-state index >= 15 is 0 Å². The summed E-state index contributed by atoms with van der Waals surface area (Å²) in [7, 11) is 2.94. The van der Waals surface area contributed by atoms with Crippen molar-refractivity contribution in [1.82, 2.24) is 0 Å². The fourth-order valence-corrected chi connectivity index (χ4v) is 4.11. The van der Waals surface area contributed by atoms with Crippen molar-refractivity contribution < 1.29 is 23.8 Å². The van der Waals surface area contributed by atoms with Crippen LogP contribution in [0.15, 0.2) is 16.6 Å². The van der Waals surface area contributed by atoms with Crippen LogP contribution >= 0.6 is 11.6 Å². The van der Waals surface area contributed by atoms with Crippen LogP contribution in [0.1, 0.15) is 23.7 Å². The molecule has 0 amide bonds. The molecule has 1 spiro atoms. The van der Waals surface area contributed by atoms with Crippen molar-refractivity contribution in [2.24, 2.45) is 5.92 Å². The number of allylic oxidation sites excluding steroid dienone is 1. The Morgan fingerprint density at radius 1 is 1.30 bits per heavy atom. The second kappa shape index (κ2) is 5.56. The first-order chi connectivity index (χ1) is 10.9. The van der Waals surface area contributed by atoms with Gasteiger partial charge in [-0.05, 0) is 6.08 Å². The van der Waals surface area contributed by atoms with E-state index in [4.69, 9.17) is 25.8 Å². The number of methoxy groups -OCH3 is 2. The molecule has 0 bridgehead atoms.